The molecule has 0 unspecified atom stereocenters. The van der Waals surface area contributed by atoms with Crippen LogP contribution in [0.1, 0.15) is 15.9 Å². The van der Waals surface area contributed by atoms with Crippen molar-refractivity contribution in [1.82, 2.24) is 20.1 Å². The fourth-order valence-electron chi connectivity index (χ4n) is 3.17. The molecule has 1 heterocycles. The van der Waals surface area contributed by atoms with Crippen LogP contribution in [0.2, 0.25) is 0 Å². The highest BCUT2D eigenvalue weighted by molar-refractivity contribution is 7.99. The predicted molar refractivity (Wildman–Crippen MR) is 128 cm³/mol. The SMILES string of the molecule is COc1ccc(-c2nnc(SCC(=O)NC(=O)c3ccccc3)n2-c2ccc(C)cc2)cc1. The van der Waals surface area contributed by atoms with Gasteiger partial charge in [0.2, 0.25) is 5.91 Å². The van der Waals surface area contributed by atoms with E-state index in [-0.39, 0.29) is 5.75 Å². The lowest BCUT2D eigenvalue weighted by Crippen LogP contribution is -2.31. The Hall–Kier alpha value is -3.91. The zero-order valence-electron chi connectivity index (χ0n) is 18.2. The topological polar surface area (TPSA) is 86.1 Å². The van der Waals surface area contributed by atoms with Gasteiger partial charge in [-0.15, -0.1) is 10.2 Å². The minimum absolute atomic E-state index is 0.0190. The number of benzene rings is 3. The summed E-state index contributed by atoms with van der Waals surface area (Å²) in [5.74, 6) is 0.572. The number of amides is 2. The molecular formula is C25H22N4O3S. The van der Waals surface area contributed by atoms with Crippen molar-refractivity contribution in [3.05, 3.63) is 90.0 Å². The Morgan fingerprint density at radius 1 is 0.939 bits per heavy atom. The maximum absolute atomic E-state index is 12.4. The summed E-state index contributed by atoms with van der Waals surface area (Å²) in [6.45, 7) is 2.02. The Balaban J connectivity index is 1.57. The van der Waals surface area contributed by atoms with Gasteiger partial charge in [-0.1, -0.05) is 47.7 Å². The average molecular weight is 459 g/mol. The first kappa shape index (κ1) is 22.3. The number of ether oxygens (including phenoxy) is 1. The normalized spacial score (nSPS) is 10.6. The Morgan fingerprint density at radius 3 is 2.30 bits per heavy atom. The van der Waals surface area contributed by atoms with E-state index in [2.05, 4.69) is 15.5 Å². The number of carbonyl (C=O) groups is 2. The van der Waals surface area contributed by atoms with Gasteiger partial charge in [-0.05, 0) is 55.5 Å². The minimum atomic E-state index is -0.430. The molecule has 0 bridgehead atoms. The summed E-state index contributed by atoms with van der Waals surface area (Å²) in [5.41, 5.74) is 3.30. The highest BCUT2D eigenvalue weighted by Gasteiger charge is 2.18. The summed E-state index contributed by atoms with van der Waals surface area (Å²) in [6.07, 6.45) is 0. The second-order valence-corrected chi connectivity index (χ2v) is 8.18. The molecule has 1 N–H and O–H groups in total. The lowest BCUT2D eigenvalue weighted by atomic mass is 10.2. The lowest BCUT2D eigenvalue weighted by molar-refractivity contribution is -0.117. The molecule has 0 atom stereocenters. The van der Waals surface area contributed by atoms with Gasteiger partial charge in [-0.25, -0.2) is 0 Å². The quantitative estimate of drug-likeness (QED) is 0.416. The molecule has 0 saturated heterocycles. The number of nitrogens with one attached hydrogen (secondary N) is 1. The zero-order chi connectivity index (χ0) is 23.2. The maximum atomic E-state index is 12.4. The van der Waals surface area contributed by atoms with Crippen LogP contribution in [0, 0.1) is 6.92 Å². The van der Waals surface area contributed by atoms with E-state index < -0.39 is 11.8 Å². The third kappa shape index (κ3) is 5.30. The lowest BCUT2D eigenvalue weighted by Gasteiger charge is -2.11. The number of aromatic nitrogens is 3. The number of hydrogen-bond acceptors (Lipinski definition) is 6. The van der Waals surface area contributed by atoms with Crippen LogP contribution in [0.15, 0.2) is 84.0 Å². The van der Waals surface area contributed by atoms with E-state index in [1.165, 1.54) is 11.8 Å². The predicted octanol–water partition coefficient (Wildman–Crippen LogP) is 4.30. The van der Waals surface area contributed by atoms with Gasteiger partial charge in [0, 0.05) is 16.8 Å². The fraction of sp³-hybridized carbons (Fsp3) is 0.120. The summed E-state index contributed by atoms with van der Waals surface area (Å²) in [6, 6.07) is 24.1. The third-order valence-electron chi connectivity index (χ3n) is 4.90. The Bertz CT molecular complexity index is 1250. The molecule has 3 aromatic carbocycles. The standard InChI is InChI=1S/C25H22N4O3S/c1-17-8-12-20(13-9-17)29-23(18-10-14-21(32-2)15-11-18)27-28-25(29)33-16-22(30)26-24(31)19-6-4-3-5-7-19/h3-15H,16H2,1-2H3,(H,26,30,31). The van der Waals surface area contributed by atoms with E-state index in [4.69, 9.17) is 4.74 Å². The Labute approximate surface area is 195 Å². The summed E-state index contributed by atoms with van der Waals surface area (Å²) in [5, 5.41) is 11.7. The minimum Gasteiger partial charge on any atom is -0.497 e. The average Bonchev–Trinajstić information content (AvgIpc) is 3.27. The van der Waals surface area contributed by atoms with Crippen LogP contribution >= 0.6 is 11.8 Å². The molecule has 8 heteroatoms. The van der Waals surface area contributed by atoms with Crippen LogP contribution in [0.3, 0.4) is 0 Å². The van der Waals surface area contributed by atoms with Gasteiger partial charge >= 0.3 is 0 Å². The molecule has 0 saturated carbocycles. The number of aryl methyl sites for hydroxylation is 1. The van der Waals surface area contributed by atoms with Crippen molar-refractivity contribution >= 4 is 23.6 Å². The monoisotopic (exact) mass is 458 g/mol. The van der Waals surface area contributed by atoms with E-state index in [1.807, 2.05) is 66.1 Å². The van der Waals surface area contributed by atoms with Crippen molar-refractivity contribution in [2.75, 3.05) is 12.9 Å². The highest BCUT2D eigenvalue weighted by Crippen LogP contribution is 2.29. The third-order valence-corrected chi connectivity index (χ3v) is 5.82. The molecule has 0 spiro atoms. The van der Waals surface area contributed by atoms with Gasteiger partial charge in [0.05, 0.1) is 12.9 Å². The van der Waals surface area contributed by atoms with Gasteiger partial charge in [0.15, 0.2) is 11.0 Å². The van der Waals surface area contributed by atoms with Gasteiger partial charge in [0.1, 0.15) is 5.75 Å². The molecule has 166 valence electrons. The van der Waals surface area contributed by atoms with E-state index in [1.54, 1.807) is 31.4 Å². The molecule has 4 aromatic rings. The van der Waals surface area contributed by atoms with E-state index >= 15 is 0 Å². The molecule has 2 amide bonds. The van der Waals surface area contributed by atoms with Crippen molar-refractivity contribution in [3.63, 3.8) is 0 Å². The van der Waals surface area contributed by atoms with Gasteiger partial charge < -0.3 is 4.74 Å². The number of hydrogen-bond donors (Lipinski definition) is 1. The molecule has 1 aromatic heterocycles. The molecule has 0 aliphatic heterocycles. The van der Waals surface area contributed by atoms with E-state index in [0.29, 0.717) is 16.5 Å². The number of carbonyl (C=O) groups excluding carboxylic acids is 2. The summed E-state index contributed by atoms with van der Waals surface area (Å²) in [7, 11) is 1.62. The number of thioether (sulfide) groups is 1. The van der Waals surface area contributed by atoms with Crippen molar-refractivity contribution in [1.29, 1.82) is 0 Å². The van der Waals surface area contributed by atoms with E-state index in [9.17, 15) is 9.59 Å². The van der Waals surface area contributed by atoms with Crippen LogP contribution in [0.5, 0.6) is 5.75 Å². The number of imide groups is 1. The van der Waals surface area contributed by atoms with Crippen molar-refractivity contribution in [2.45, 2.75) is 12.1 Å². The molecule has 0 fully saturated rings. The summed E-state index contributed by atoms with van der Waals surface area (Å²) in [4.78, 5) is 24.7. The largest absolute Gasteiger partial charge is 0.497 e. The smallest absolute Gasteiger partial charge is 0.257 e. The molecule has 0 radical (unpaired) electrons. The second-order valence-electron chi connectivity index (χ2n) is 7.24. The molecule has 33 heavy (non-hydrogen) atoms. The molecule has 0 aliphatic carbocycles. The number of nitrogens with zero attached hydrogens (tertiary/aromatic N) is 3. The first-order valence-corrected chi connectivity index (χ1v) is 11.2. The fourth-order valence-corrected chi connectivity index (χ4v) is 3.92. The second kappa shape index (κ2) is 10.1. The van der Waals surface area contributed by atoms with Crippen LogP contribution in [-0.4, -0.2) is 39.4 Å². The van der Waals surface area contributed by atoms with Crippen LogP contribution in [0.4, 0.5) is 0 Å². The zero-order valence-corrected chi connectivity index (χ0v) is 19.0. The van der Waals surface area contributed by atoms with E-state index in [0.717, 1.165) is 22.6 Å². The summed E-state index contributed by atoms with van der Waals surface area (Å²) < 4.78 is 7.15. The van der Waals surface area contributed by atoms with Crippen molar-refractivity contribution in [2.24, 2.45) is 0 Å². The maximum Gasteiger partial charge on any atom is 0.257 e. The van der Waals surface area contributed by atoms with Crippen LogP contribution < -0.4 is 10.1 Å². The Kier molecular flexibility index (Phi) is 6.85. The van der Waals surface area contributed by atoms with Gasteiger partial charge in [-0.3, -0.25) is 19.5 Å². The van der Waals surface area contributed by atoms with Gasteiger partial charge in [-0.2, -0.15) is 0 Å². The molecule has 4 rings (SSSR count). The Morgan fingerprint density at radius 2 is 1.64 bits per heavy atom. The van der Waals surface area contributed by atoms with Crippen LogP contribution in [0.25, 0.3) is 17.1 Å². The highest BCUT2D eigenvalue weighted by atomic mass is 32.2. The van der Waals surface area contributed by atoms with Crippen molar-refractivity contribution in [3.8, 4) is 22.8 Å². The van der Waals surface area contributed by atoms with Gasteiger partial charge in [0.25, 0.3) is 5.91 Å². The first-order valence-electron chi connectivity index (χ1n) is 10.2. The number of rotatable bonds is 7. The molecule has 0 aliphatic rings. The first-order chi connectivity index (χ1) is 16.0. The number of methoxy groups -OCH3 is 1. The molecular weight excluding hydrogens is 436 g/mol. The summed E-state index contributed by atoms with van der Waals surface area (Å²) >= 11 is 1.21. The molecule has 7 nitrogen and oxygen atoms in total. The van der Waals surface area contributed by atoms with Crippen LogP contribution in [-0.2, 0) is 4.79 Å². The van der Waals surface area contributed by atoms with Crippen molar-refractivity contribution < 1.29 is 14.3 Å².